The fourth-order valence-corrected chi connectivity index (χ4v) is 2.04. The third-order valence-corrected chi connectivity index (χ3v) is 3.06. The molecule has 0 atom stereocenters. The van der Waals surface area contributed by atoms with Gasteiger partial charge in [-0.25, -0.2) is 0 Å². The first-order valence-electron chi connectivity index (χ1n) is 4.84. The lowest BCUT2D eigenvalue weighted by atomic mass is 10.3. The second-order valence-corrected chi connectivity index (χ2v) is 4.31. The average Bonchev–Trinajstić information content (AvgIpc) is 2.74. The predicted octanol–water partition coefficient (Wildman–Crippen LogP) is 0.560. The molecule has 0 bridgehead atoms. The van der Waals surface area contributed by atoms with E-state index in [9.17, 15) is 9.59 Å². The summed E-state index contributed by atoms with van der Waals surface area (Å²) in [5.41, 5.74) is 5.50. The lowest BCUT2D eigenvalue weighted by Gasteiger charge is -2.15. The number of halogens is 1. The number of rotatable bonds is 5. The van der Waals surface area contributed by atoms with E-state index in [1.807, 2.05) is 7.05 Å². The molecule has 5 nitrogen and oxygen atoms in total. The van der Waals surface area contributed by atoms with Gasteiger partial charge in [-0.3, -0.25) is 9.59 Å². The summed E-state index contributed by atoms with van der Waals surface area (Å²) >= 11 is 1.24. The minimum atomic E-state index is -0.506. The normalized spacial score (nSPS) is 9.53. The number of primary amides is 1. The summed E-state index contributed by atoms with van der Waals surface area (Å²) in [6.07, 6.45) is 0. The first-order chi connectivity index (χ1) is 7.56. The highest BCUT2D eigenvalue weighted by Crippen LogP contribution is 2.15. The van der Waals surface area contributed by atoms with Gasteiger partial charge in [-0.1, -0.05) is 0 Å². The fourth-order valence-electron chi connectivity index (χ4n) is 1.15. The molecule has 96 valence electrons. The molecule has 0 aliphatic rings. The number of amides is 2. The van der Waals surface area contributed by atoms with Crippen molar-refractivity contribution in [2.75, 3.05) is 27.2 Å². The summed E-state index contributed by atoms with van der Waals surface area (Å²) in [5, 5.41) is 4.56. The number of hydrogen-bond acceptors (Lipinski definition) is 4. The van der Waals surface area contributed by atoms with Crippen LogP contribution < -0.4 is 11.1 Å². The average molecular weight is 278 g/mol. The number of nitrogens with one attached hydrogen (secondary N) is 1. The van der Waals surface area contributed by atoms with Crippen molar-refractivity contribution in [3.63, 3.8) is 0 Å². The van der Waals surface area contributed by atoms with E-state index in [-0.39, 0.29) is 18.3 Å². The SMILES string of the molecule is CNCCN(C)C(=O)c1cc(C(N)=O)cs1.Cl. The standard InChI is InChI=1S/C10H15N3O2S.ClH/c1-12-3-4-13(2)10(15)8-5-7(6-16-8)9(11)14;/h5-6,12H,3-4H2,1-2H3,(H2,11,14);1H. The Balaban J connectivity index is 0.00000256. The van der Waals surface area contributed by atoms with Crippen LogP contribution in [0.25, 0.3) is 0 Å². The molecule has 0 saturated carbocycles. The van der Waals surface area contributed by atoms with Gasteiger partial charge in [0, 0.05) is 25.5 Å². The monoisotopic (exact) mass is 277 g/mol. The van der Waals surface area contributed by atoms with Crippen molar-refractivity contribution in [2.24, 2.45) is 5.73 Å². The number of likely N-dealkylation sites (N-methyl/N-ethyl adjacent to an activating group) is 2. The van der Waals surface area contributed by atoms with Gasteiger partial charge in [0.2, 0.25) is 5.91 Å². The van der Waals surface area contributed by atoms with Crippen molar-refractivity contribution in [3.05, 3.63) is 21.9 Å². The zero-order valence-corrected chi connectivity index (χ0v) is 11.4. The van der Waals surface area contributed by atoms with Crippen LogP contribution in [-0.2, 0) is 0 Å². The summed E-state index contributed by atoms with van der Waals surface area (Å²) in [4.78, 5) is 24.9. The fraction of sp³-hybridized carbons (Fsp3) is 0.400. The third-order valence-electron chi connectivity index (χ3n) is 2.14. The first-order valence-corrected chi connectivity index (χ1v) is 5.72. The van der Waals surface area contributed by atoms with Crippen LogP contribution in [0.3, 0.4) is 0 Å². The van der Waals surface area contributed by atoms with Crippen molar-refractivity contribution in [3.8, 4) is 0 Å². The van der Waals surface area contributed by atoms with Crippen LogP contribution in [0.5, 0.6) is 0 Å². The van der Waals surface area contributed by atoms with Crippen LogP contribution in [0.4, 0.5) is 0 Å². The van der Waals surface area contributed by atoms with E-state index in [2.05, 4.69) is 5.32 Å². The summed E-state index contributed by atoms with van der Waals surface area (Å²) < 4.78 is 0. The van der Waals surface area contributed by atoms with E-state index in [0.717, 1.165) is 6.54 Å². The summed E-state index contributed by atoms with van der Waals surface area (Å²) in [7, 11) is 3.55. The molecule has 0 aromatic carbocycles. The second kappa shape index (κ2) is 7.26. The van der Waals surface area contributed by atoms with E-state index in [1.165, 1.54) is 17.4 Å². The van der Waals surface area contributed by atoms with Gasteiger partial charge in [0.1, 0.15) is 0 Å². The summed E-state index contributed by atoms with van der Waals surface area (Å²) in [6, 6.07) is 1.53. The summed E-state index contributed by atoms with van der Waals surface area (Å²) in [6.45, 7) is 1.36. The van der Waals surface area contributed by atoms with Crippen molar-refractivity contribution in [1.82, 2.24) is 10.2 Å². The van der Waals surface area contributed by atoms with E-state index in [1.54, 1.807) is 17.3 Å². The zero-order chi connectivity index (χ0) is 12.1. The highest BCUT2D eigenvalue weighted by atomic mass is 35.5. The number of hydrogen-bond donors (Lipinski definition) is 2. The highest BCUT2D eigenvalue weighted by molar-refractivity contribution is 7.12. The van der Waals surface area contributed by atoms with Crippen LogP contribution in [0.1, 0.15) is 20.0 Å². The molecule has 1 heterocycles. The van der Waals surface area contributed by atoms with E-state index in [0.29, 0.717) is 17.0 Å². The van der Waals surface area contributed by atoms with Crippen LogP contribution >= 0.6 is 23.7 Å². The lowest BCUT2D eigenvalue weighted by molar-refractivity contribution is 0.0801. The van der Waals surface area contributed by atoms with Gasteiger partial charge in [0.15, 0.2) is 0 Å². The van der Waals surface area contributed by atoms with Gasteiger partial charge < -0.3 is 16.0 Å². The molecule has 0 fully saturated rings. The minimum absolute atomic E-state index is 0. The molecule has 0 saturated heterocycles. The number of carbonyl (C=O) groups excluding carboxylic acids is 2. The largest absolute Gasteiger partial charge is 0.366 e. The second-order valence-electron chi connectivity index (χ2n) is 3.39. The number of nitrogens with zero attached hydrogens (tertiary/aromatic N) is 1. The predicted molar refractivity (Wildman–Crippen MR) is 71.0 cm³/mol. The molecule has 0 unspecified atom stereocenters. The Kier molecular flexibility index (Phi) is 6.79. The lowest BCUT2D eigenvalue weighted by Crippen LogP contribution is -2.32. The van der Waals surface area contributed by atoms with Gasteiger partial charge in [-0.05, 0) is 13.1 Å². The number of carbonyl (C=O) groups is 2. The first kappa shape index (κ1) is 15.9. The van der Waals surface area contributed by atoms with Gasteiger partial charge >= 0.3 is 0 Å². The zero-order valence-electron chi connectivity index (χ0n) is 9.73. The van der Waals surface area contributed by atoms with Crippen molar-refractivity contribution < 1.29 is 9.59 Å². The molecule has 3 N–H and O–H groups in total. The Morgan fingerprint density at radius 1 is 1.53 bits per heavy atom. The summed E-state index contributed by atoms with van der Waals surface area (Å²) in [5.74, 6) is -0.596. The van der Waals surface area contributed by atoms with Crippen LogP contribution in [0, 0.1) is 0 Å². The molecular weight excluding hydrogens is 262 g/mol. The maximum Gasteiger partial charge on any atom is 0.263 e. The van der Waals surface area contributed by atoms with Crippen molar-refractivity contribution in [2.45, 2.75) is 0 Å². The Labute approximate surface area is 110 Å². The molecule has 7 heteroatoms. The third kappa shape index (κ3) is 4.33. The van der Waals surface area contributed by atoms with Gasteiger partial charge in [-0.2, -0.15) is 0 Å². The molecule has 0 aliphatic carbocycles. The van der Waals surface area contributed by atoms with Crippen molar-refractivity contribution >= 4 is 35.6 Å². The molecule has 0 radical (unpaired) electrons. The maximum atomic E-state index is 11.8. The highest BCUT2D eigenvalue weighted by Gasteiger charge is 2.15. The van der Waals surface area contributed by atoms with Gasteiger partial charge in [0.25, 0.3) is 5.91 Å². The van der Waals surface area contributed by atoms with Gasteiger partial charge in [-0.15, -0.1) is 23.7 Å². The Morgan fingerprint density at radius 2 is 2.18 bits per heavy atom. The molecule has 0 spiro atoms. The minimum Gasteiger partial charge on any atom is -0.366 e. The molecule has 17 heavy (non-hydrogen) atoms. The molecule has 1 aromatic heterocycles. The van der Waals surface area contributed by atoms with Crippen LogP contribution in [0.2, 0.25) is 0 Å². The Morgan fingerprint density at radius 3 is 2.65 bits per heavy atom. The molecule has 1 rings (SSSR count). The Hall–Kier alpha value is -1.11. The quantitative estimate of drug-likeness (QED) is 0.826. The van der Waals surface area contributed by atoms with E-state index < -0.39 is 5.91 Å². The van der Waals surface area contributed by atoms with E-state index >= 15 is 0 Å². The van der Waals surface area contributed by atoms with Crippen molar-refractivity contribution in [1.29, 1.82) is 0 Å². The molecule has 2 amide bonds. The molecular formula is C10H16ClN3O2S. The van der Waals surface area contributed by atoms with Crippen LogP contribution in [-0.4, -0.2) is 43.9 Å². The van der Waals surface area contributed by atoms with E-state index in [4.69, 9.17) is 5.73 Å². The smallest absolute Gasteiger partial charge is 0.263 e. The number of thiophene rings is 1. The van der Waals surface area contributed by atoms with Gasteiger partial charge in [0.05, 0.1) is 10.4 Å². The topological polar surface area (TPSA) is 75.4 Å². The maximum absolute atomic E-state index is 11.8. The van der Waals surface area contributed by atoms with Crippen LogP contribution in [0.15, 0.2) is 11.4 Å². The number of nitrogens with two attached hydrogens (primary N) is 1. The molecule has 1 aromatic rings. The Bertz CT molecular complexity index is 395. The molecule has 0 aliphatic heterocycles.